The van der Waals surface area contributed by atoms with Crippen LogP contribution in [0.5, 0.6) is 0 Å². The molecule has 1 saturated carbocycles. The number of nitrogens with zero attached hydrogens (tertiary/aromatic N) is 3. The Bertz CT molecular complexity index is 604. The van der Waals surface area contributed by atoms with Gasteiger partial charge in [0.1, 0.15) is 0 Å². The average Bonchev–Trinajstić information content (AvgIpc) is 3.21. The molecule has 2 aromatic heterocycles. The molecule has 0 aliphatic heterocycles. The van der Waals surface area contributed by atoms with E-state index in [4.69, 9.17) is 0 Å². The summed E-state index contributed by atoms with van der Waals surface area (Å²) in [7, 11) is 0. The van der Waals surface area contributed by atoms with E-state index in [-0.39, 0.29) is 18.1 Å². The van der Waals surface area contributed by atoms with Gasteiger partial charge >= 0.3 is 0 Å². The van der Waals surface area contributed by atoms with E-state index in [1.54, 1.807) is 6.20 Å². The van der Waals surface area contributed by atoms with Crippen LogP contribution in [-0.2, 0) is 0 Å². The fourth-order valence-corrected chi connectivity index (χ4v) is 2.60. The molecule has 1 atom stereocenters. The molecule has 0 aromatic carbocycles. The Hall–Kier alpha value is -1.72. The molecular weight excluding hydrogens is 264 g/mol. The Balaban J connectivity index is 1.73. The molecule has 3 rings (SSSR count). The molecule has 1 aliphatic carbocycles. The molecule has 0 radical (unpaired) electrons. The molecule has 0 amide bonds. The summed E-state index contributed by atoms with van der Waals surface area (Å²) in [5.74, 6) is 0.836. The molecule has 112 valence electrons. The van der Waals surface area contributed by atoms with Crippen molar-refractivity contribution in [1.82, 2.24) is 20.1 Å². The van der Waals surface area contributed by atoms with E-state index in [0.29, 0.717) is 0 Å². The quantitative estimate of drug-likeness (QED) is 0.852. The highest BCUT2D eigenvalue weighted by atomic mass is 16.3. The summed E-state index contributed by atoms with van der Waals surface area (Å²) in [4.78, 5) is 4.34. The molecule has 1 unspecified atom stereocenters. The van der Waals surface area contributed by atoms with E-state index in [9.17, 15) is 5.11 Å². The Kier molecular flexibility index (Phi) is 3.78. The van der Waals surface area contributed by atoms with Crippen LogP contribution in [0.2, 0.25) is 0 Å². The van der Waals surface area contributed by atoms with Crippen molar-refractivity contribution in [3.05, 3.63) is 41.9 Å². The topological polar surface area (TPSA) is 63.0 Å². The fourth-order valence-electron chi connectivity index (χ4n) is 2.60. The molecule has 2 N–H and O–H groups in total. The van der Waals surface area contributed by atoms with E-state index < -0.39 is 0 Å². The lowest BCUT2D eigenvalue weighted by Gasteiger charge is -2.18. The van der Waals surface area contributed by atoms with Crippen LogP contribution in [0.3, 0.4) is 0 Å². The number of hydrogen-bond donors (Lipinski definition) is 2. The Morgan fingerprint density at radius 2 is 2.24 bits per heavy atom. The van der Waals surface area contributed by atoms with E-state index in [2.05, 4.69) is 29.2 Å². The maximum absolute atomic E-state index is 9.38. The van der Waals surface area contributed by atoms with E-state index in [1.165, 1.54) is 5.56 Å². The number of pyridine rings is 1. The SMILES string of the molecule is Cc1c(C(C)NCC2(CO)CC2)cnn1-c1ccccn1. The molecule has 0 saturated heterocycles. The lowest BCUT2D eigenvalue weighted by Crippen LogP contribution is -2.29. The molecule has 0 bridgehead atoms. The van der Waals surface area contributed by atoms with Crippen LogP contribution < -0.4 is 5.32 Å². The summed E-state index contributed by atoms with van der Waals surface area (Å²) in [6, 6.07) is 6.03. The van der Waals surface area contributed by atoms with Crippen molar-refractivity contribution in [3.8, 4) is 5.82 Å². The monoisotopic (exact) mass is 286 g/mol. The first-order valence-corrected chi connectivity index (χ1v) is 7.45. The van der Waals surface area contributed by atoms with Gasteiger partial charge in [-0.3, -0.25) is 0 Å². The second-order valence-corrected chi connectivity index (χ2v) is 6.05. The molecule has 0 spiro atoms. The first-order chi connectivity index (χ1) is 10.2. The second-order valence-electron chi connectivity index (χ2n) is 6.05. The number of aliphatic hydroxyl groups is 1. The summed E-state index contributed by atoms with van der Waals surface area (Å²) < 4.78 is 1.87. The van der Waals surface area contributed by atoms with Gasteiger partial charge in [0, 0.05) is 42.1 Å². The second kappa shape index (κ2) is 5.58. The predicted octanol–water partition coefficient (Wildman–Crippen LogP) is 2.00. The predicted molar refractivity (Wildman–Crippen MR) is 81.3 cm³/mol. The van der Waals surface area contributed by atoms with Gasteiger partial charge in [-0.05, 0) is 38.8 Å². The smallest absolute Gasteiger partial charge is 0.153 e. The molecule has 5 heteroatoms. The maximum atomic E-state index is 9.38. The Labute approximate surface area is 125 Å². The largest absolute Gasteiger partial charge is 0.396 e. The zero-order chi connectivity index (χ0) is 14.9. The van der Waals surface area contributed by atoms with E-state index in [0.717, 1.165) is 30.9 Å². The summed E-state index contributed by atoms with van der Waals surface area (Å²) in [5.41, 5.74) is 2.40. The van der Waals surface area contributed by atoms with Crippen LogP contribution >= 0.6 is 0 Å². The van der Waals surface area contributed by atoms with Gasteiger partial charge in [-0.2, -0.15) is 5.10 Å². The van der Waals surface area contributed by atoms with Crippen molar-refractivity contribution in [2.75, 3.05) is 13.2 Å². The molecule has 2 heterocycles. The molecule has 1 aliphatic rings. The first-order valence-electron chi connectivity index (χ1n) is 7.45. The standard InChI is InChI=1S/C16H22N4O/c1-12(18-10-16(11-21)6-7-16)14-9-19-20(13(14)2)15-5-3-4-8-17-15/h3-5,8-9,12,18,21H,6-7,10-11H2,1-2H3. The van der Waals surface area contributed by atoms with Crippen LogP contribution in [0, 0.1) is 12.3 Å². The lowest BCUT2D eigenvalue weighted by atomic mass is 10.1. The van der Waals surface area contributed by atoms with Gasteiger partial charge in [0.2, 0.25) is 0 Å². The highest BCUT2D eigenvalue weighted by Gasteiger charge is 2.41. The van der Waals surface area contributed by atoms with Crippen molar-refractivity contribution in [2.45, 2.75) is 32.7 Å². The third-order valence-electron chi connectivity index (χ3n) is 4.46. The van der Waals surface area contributed by atoms with Crippen LogP contribution in [0.1, 0.15) is 37.1 Å². The number of rotatable bonds is 6. The van der Waals surface area contributed by atoms with Crippen molar-refractivity contribution in [3.63, 3.8) is 0 Å². The lowest BCUT2D eigenvalue weighted by molar-refractivity contribution is 0.204. The van der Waals surface area contributed by atoms with Crippen LogP contribution in [-0.4, -0.2) is 33.0 Å². The van der Waals surface area contributed by atoms with E-state index >= 15 is 0 Å². The molecule has 21 heavy (non-hydrogen) atoms. The van der Waals surface area contributed by atoms with E-state index in [1.807, 2.05) is 29.1 Å². The summed E-state index contributed by atoms with van der Waals surface area (Å²) in [6.07, 6.45) is 5.92. The summed E-state index contributed by atoms with van der Waals surface area (Å²) >= 11 is 0. The Morgan fingerprint density at radius 1 is 1.43 bits per heavy atom. The normalized spacial score (nSPS) is 17.7. The third kappa shape index (κ3) is 2.84. The van der Waals surface area contributed by atoms with Gasteiger partial charge in [-0.25, -0.2) is 9.67 Å². The van der Waals surface area contributed by atoms with Gasteiger partial charge in [0.25, 0.3) is 0 Å². The summed E-state index contributed by atoms with van der Waals surface area (Å²) in [5, 5.41) is 17.4. The first kappa shape index (κ1) is 14.2. The van der Waals surface area contributed by atoms with Crippen molar-refractivity contribution >= 4 is 0 Å². The molecule has 5 nitrogen and oxygen atoms in total. The third-order valence-corrected chi connectivity index (χ3v) is 4.46. The maximum Gasteiger partial charge on any atom is 0.153 e. The Morgan fingerprint density at radius 3 is 2.86 bits per heavy atom. The number of nitrogens with one attached hydrogen (secondary N) is 1. The minimum absolute atomic E-state index is 0.124. The highest BCUT2D eigenvalue weighted by Crippen LogP contribution is 2.44. The molecule has 2 aromatic rings. The zero-order valence-corrected chi connectivity index (χ0v) is 12.6. The highest BCUT2D eigenvalue weighted by molar-refractivity contribution is 5.29. The van der Waals surface area contributed by atoms with Crippen LogP contribution in [0.4, 0.5) is 0 Å². The van der Waals surface area contributed by atoms with Gasteiger partial charge in [-0.15, -0.1) is 0 Å². The van der Waals surface area contributed by atoms with Crippen molar-refractivity contribution < 1.29 is 5.11 Å². The van der Waals surface area contributed by atoms with Crippen LogP contribution in [0.15, 0.2) is 30.6 Å². The van der Waals surface area contributed by atoms with Gasteiger partial charge < -0.3 is 10.4 Å². The number of aliphatic hydroxyl groups excluding tert-OH is 1. The van der Waals surface area contributed by atoms with Gasteiger partial charge in [0.05, 0.1) is 6.20 Å². The van der Waals surface area contributed by atoms with Gasteiger partial charge in [-0.1, -0.05) is 6.07 Å². The number of aromatic nitrogens is 3. The fraction of sp³-hybridized carbons (Fsp3) is 0.500. The molecular formula is C16H22N4O. The van der Waals surface area contributed by atoms with Crippen molar-refractivity contribution in [1.29, 1.82) is 0 Å². The van der Waals surface area contributed by atoms with Crippen LogP contribution in [0.25, 0.3) is 5.82 Å². The molecule has 1 fully saturated rings. The summed E-state index contributed by atoms with van der Waals surface area (Å²) in [6.45, 7) is 5.34. The zero-order valence-electron chi connectivity index (χ0n) is 12.6. The average molecular weight is 286 g/mol. The minimum atomic E-state index is 0.124. The number of hydrogen-bond acceptors (Lipinski definition) is 4. The van der Waals surface area contributed by atoms with Crippen molar-refractivity contribution in [2.24, 2.45) is 5.41 Å². The minimum Gasteiger partial charge on any atom is -0.396 e. The van der Waals surface area contributed by atoms with Gasteiger partial charge in [0.15, 0.2) is 5.82 Å².